The molecule has 1 aromatic carbocycles. The van der Waals surface area contributed by atoms with Gasteiger partial charge in [-0.1, -0.05) is 27.5 Å². The van der Waals surface area contributed by atoms with E-state index >= 15 is 0 Å². The summed E-state index contributed by atoms with van der Waals surface area (Å²) in [5.74, 6) is -0.679. The summed E-state index contributed by atoms with van der Waals surface area (Å²) in [7, 11) is 0. The van der Waals surface area contributed by atoms with E-state index in [-0.39, 0.29) is 16.7 Å². The number of pyridine rings is 1. The number of nitro groups is 1. The molecule has 0 atom stereocenters. The molecule has 0 aliphatic carbocycles. The van der Waals surface area contributed by atoms with Crippen molar-refractivity contribution in [3.05, 3.63) is 61.2 Å². The number of nitrogens with zero attached hydrogens (tertiary/aromatic N) is 2. The molecule has 0 radical (unpaired) electrons. The number of benzene rings is 1. The van der Waals surface area contributed by atoms with Gasteiger partial charge in [0.25, 0.3) is 5.91 Å². The number of carbonyl (C=O) groups excluding carboxylic acids is 1. The third kappa shape index (κ3) is 3.56. The fraction of sp³-hybridized carbons (Fsp3) is 0.0769. The van der Waals surface area contributed by atoms with Crippen molar-refractivity contribution in [2.75, 3.05) is 5.32 Å². The largest absolute Gasteiger partial charge is 0.311 e. The number of nitrogens with one attached hydrogen (secondary N) is 1. The van der Waals surface area contributed by atoms with Gasteiger partial charge in [0.1, 0.15) is 5.15 Å². The highest BCUT2D eigenvalue weighted by Gasteiger charge is 2.19. The van der Waals surface area contributed by atoms with E-state index in [1.807, 2.05) is 6.92 Å². The van der Waals surface area contributed by atoms with Crippen LogP contribution in [-0.4, -0.2) is 15.8 Å². The minimum Gasteiger partial charge on any atom is -0.301 e. The van der Waals surface area contributed by atoms with E-state index in [4.69, 9.17) is 11.6 Å². The maximum Gasteiger partial charge on any atom is 0.311 e. The highest BCUT2D eigenvalue weighted by Crippen LogP contribution is 2.25. The standard InChI is InChI=1S/C13H9BrClN3O3/c1-7-6-8(2-3-9(7)14)13(19)17-12-10(18(20)21)4-5-11(15)16-12/h2-6H,1H3,(H,16,17,19). The predicted octanol–water partition coefficient (Wildman–Crippen LogP) is 3.97. The molecular formula is C13H9BrClN3O3. The van der Waals surface area contributed by atoms with Gasteiger partial charge in [0.05, 0.1) is 4.92 Å². The van der Waals surface area contributed by atoms with Crippen molar-refractivity contribution in [3.63, 3.8) is 0 Å². The molecular weight excluding hydrogens is 362 g/mol. The second-order valence-electron chi connectivity index (χ2n) is 4.18. The molecule has 0 fully saturated rings. The second kappa shape index (κ2) is 6.19. The quantitative estimate of drug-likeness (QED) is 0.503. The summed E-state index contributed by atoms with van der Waals surface area (Å²) in [5.41, 5.74) is 0.921. The number of aromatic nitrogens is 1. The summed E-state index contributed by atoms with van der Waals surface area (Å²) >= 11 is 9.04. The van der Waals surface area contributed by atoms with Crippen LogP contribution < -0.4 is 5.32 Å². The number of anilines is 1. The molecule has 0 saturated carbocycles. The second-order valence-corrected chi connectivity index (χ2v) is 5.42. The lowest BCUT2D eigenvalue weighted by molar-refractivity contribution is -0.384. The summed E-state index contributed by atoms with van der Waals surface area (Å²) in [6.45, 7) is 1.83. The summed E-state index contributed by atoms with van der Waals surface area (Å²) in [6.07, 6.45) is 0. The van der Waals surface area contributed by atoms with Gasteiger partial charge in [-0.3, -0.25) is 14.9 Å². The van der Waals surface area contributed by atoms with E-state index in [1.54, 1.807) is 18.2 Å². The Morgan fingerprint density at radius 3 is 2.71 bits per heavy atom. The Balaban J connectivity index is 2.33. The Hall–Kier alpha value is -1.99. The Kier molecular flexibility index (Phi) is 4.54. The van der Waals surface area contributed by atoms with Crippen molar-refractivity contribution < 1.29 is 9.72 Å². The highest BCUT2D eigenvalue weighted by molar-refractivity contribution is 9.10. The number of halogens is 2. The molecule has 1 amide bonds. The molecule has 2 aromatic rings. The van der Waals surface area contributed by atoms with E-state index in [0.29, 0.717) is 5.56 Å². The van der Waals surface area contributed by atoms with Crippen molar-refractivity contribution >= 4 is 44.9 Å². The van der Waals surface area contributed by atoms with Gasteiger partial charge in [-0.25, -0.2) is 4.98 Å². The molecule has 108 valence electrons. The Morgan fingerprint density at radius 2 is 2.10 bits per heavy atom. The summed E-state index contributed by atoms with van der Waals surface area (Å²) in [4.78, 5) is 26.2. The third-order valence-corrected chi connectivity index (χ3v) is 3.79. The van der Waals surface area contributed by atoms with Crippen LogP contribution in [0.15, 0.2) is 34.8 Å². The van der Waals surface area contributed by atoms with Crippen LogP contribution in [-0.2, 0) is 0 Å². The lowest BCUT2D eigenvalue weighted by Gasteiger charge is -2.07. The zero-order chi connectivity index (χ0) is 15.6. The Labute approximate surface area is 133 Å². The van der Waals surface area contributed by atoms with E-state index in [2.05, 4.69) is 26.2 Å². The topological polar surface area (TPSA) is 85.1 Å². The summed E-state index contributed by atoms with van der Waals surface area (Å²) in [6, 6.07) is 7.47. The van der Waals surface area contributed by atoms with Crippen molar-refractivity contribution in [2.45, 2.75) is 6.92 Å². The molecule has 0 bridgehead atoms. The first-order valence-corrected chi connectivity index (χ1v) is 6.94. The van der Waals surface area contributed by atoms with Gasteiger partial charge < -0.3 is 5.32 Å². The minimum absolute atomic E-state index is 0.0582. The molecule has 0 spiro atoms. The highest BCUT2D eigenvalue weighted by atomic mass is 79.9. The third-order valence-electron chi connectivity index (χ3n) is 2.69. The molecule has 1 N–H and O–H groups in total. The van der Waals surface area contributed by atoms with Crippen LogP contribution in [0.5, 0.6) is 0 Å². The molecule has 1 heterocycles. The molecule has 6 nitrogen and oxygen atoms in total. The average Bonchev–Trinajstić information content (AvgIpc) is 2.41. The fourth-order valence-electron chi connectivity index (χ4n) is 1.63. The van der Waals surface area contributed by atoms with Crippen molar-refractivity contribution in [1.82, 2.24) is 4.98 Å². The molecule has 0 aliphatic heterocycles. The van der Waals surface area contributed by atoms with Crippen LogP contribution in [0.2, 0.25) is 5.15 Å². The van der Waals surface area contributed by atoms with Gasteiger partial charge in [0.15, 0.2) is 0 Å². The van der Waals surface area contributed by atoms with Crippen LogP contribution in [0.3, 0.4) is 0 Å². The first-order chi connectivity index (χ1) is 9.88. The Morgan fingerprint density at radius 1 is 1.38 bits per heavy atom. The predicted molar refractivity (Wildman–Crippen MR) is 82.7 cm³/mol. The molecule has 1 aromatic heterocycles. The van der Waals surface area contributed by atoms with E-state index < -0.39 is 10.8 Å². The first-order valence-electron chi connectivity index (χ1n) is 5.77. The number of carbonyl (C=O) groups is 1. The van der Waals surface area contributed by atoms with Gasteiger partial charge in [0.2, 0.25) is 5.82 Å². The lowest BCUT2D eigenvalue weighted by atomic mass is 10.1. The molecule has 0 saturated heterocycles. The van der Waals surface area contributed by atoms with Gasteiger partial charge in [-0.2, -0.15) is 0 Å². The normalized spacial score (nSPS) is 10.2. The number of hydrogen-bond donors (Lipinski definition) is 1. The zero-order valence-corrected chi connectivity index (χ0v) is 13.1. The molecule has 0 unspecified atom stereocenters. The monoisotopic (exact) mass is 369 g/mol. The first kappa shape index (κ1) is 15.4. The van der Waals surface area contributed by atoms with Gasteiger partial charge in [-0.15, -0.1) is 0 Å². The molecule has 8 heteroatoms. The van der Waals surface area contributed by atoms with Crippen LogP contribution in [0.1, 0.15) is 15.9 Å². The molecule has 2 rings (SSSR count). The number of rotatable bonds is 3. The van der Waals surface area contributed by atoms with Gasteiger partial charge in [0, 0.05) is 16.1 Å². The molecule has 21 heavy (non-hydrogen) atoms. The fourth-order valence-corrected chi connectivity index (χ4v) is 2.03. The van der Waals surface area contributed by atoms with Crippen molar-refractivity contribution in [1.29, 1.82) is 0 Å². The SMILES string of the molecule is Cc1cc(C(=O)Nc2nc(Cl)ccc2[N+](=O)[O-])ccc1Br. The average molecular weight is 371 g/mol. The molecule has 0 aliphatic rings. The maximum atomic E-state index is 12.1. The smallest absolute Gasteiger partial charge is 0.301 e. The van der Waals surface area contributed by atoms with Gasteiger partial charge in [-0.05, 0) is 36.8 Å². The maximum absolute atomic E-state index is 12.1. The van der Waals surface area contributed by atoms with E-state index in [0.717, 1.165) is 10.0 Å². The van der Waals surface area contributed by atoms with Crippen LogP contribution >= 0.6 is 27.5 Å². The van der Waals surface area contributed by atoms with Crippen LogP contribution in [0.25, 0.3) is 0 Å². The summed E-state index contributed by atoms with van der Waals surface area (Å²) in [5, 5.41) is 13.4. The van der Waals surface area contributed by atoms with Crippen molar-refractivity contribution in [3.8, 4) is 0 Å². The van der Waals surface area contributed by atoms with Crippen LogP contribution in [0.4, 0.5) is 11.5 Å². The number of hydrogen-bond acceptors (Lipinski definition) is 4. The minimum atomic E-state index is -0.633. The lowest BCUT2D eigenvalue weighted by Crippen LogP contribution is -2.14. The zero-order valence-electron chi connectivity index (χ0n) is 10.8. The summed E-state index contributed by atoms with van der Waals surface area (Å²) < 4.78 is 0.867. The van der Waals surface area contributed by atoms with Crippen LogP contribution in [0, 0.1) is 17.0 Å². The number of amides is 1. The van der Waals surface area contributed by atoms with Crippen molar-refractivity contribution in [2.24, 2.45) is 0 Å². The Bertz CT molecular complexity index is 737. The van der Waals surface area contributed by atoms with Gasteiger partial charge >= 0.3 is 5.69 Å². The number of aryl methyl sites for hydroxylation is 1. The van der Waals surface area contributed by atoms with E-state index in [9.17, 15) is 14.9 Å². The van der Waals surface area contributed by atoms with E-state index in [1.165, 1.54) is 12.1 Å².